The summed E-state index contributed by atoms with van der Waals surface area (Å²) in [4.78, 5) is 35.0. The van der Waals surface area contributed by atoms with Gasteiger partial charge in [-0.25, -0.2) is 9.97 Å². The molecule has 180 valence electrons. The number of aromatic nitrogens is 3. The zero-order valence-corrected chi connectivity index (χ0v) is 18.8. The van der Waals surface area contributed by atoms with E-state index in [1.54, 1.807) is 7.05 Å². The molecule has 0 spiro atoms. The van der Waals surface area contributed by atoms with Crippen LogP contribution in [0.15, 0.2) is 72.9 Å². The first-order chi connectivity index (χ1) is 16.7. The molecule has 7 nitrogen and oxygen atoms in total. The Morgan fingerprint density at radius 3 is 2.40 bits per heavy atom. The van der Waals surface area contributed by atoms with Gasteiger partial charge >= 0.3 is 6.18 Å². The molecule has 10 heteroatoms. The highest BCUT2D eigenvalue weighted by molar-refractivity contribution is 5.95. The molecule has 0 aliphatic heterocycles. The van der Waals surface area contributed by atoms with Crippen molar-refractivity contribution in [3.63, 3.8) is 0 Å². The molecule has 2 aromatic heterocycles. The summed E-state index contributed by atoms with van der Waals surface area (Å²) in [5, 5.41) is 2.44. The Bertz CT molecular complexity index is 1330. The van der Waals surface area contributed by atoms with Crippen LogP contribution < -0.4 is 5.32 Å². The smallest absolute Gasteiger partial charge is 0.339 e. The normalized spacial score (nSPS) is 11.4. The molecular formula is C25H22F3N5O2. The van der Waals surface area contributed by atoms with E-state index in [4.69, 9.17) is 0 Å². The molecule has 2 amide bonds. The van der Waals surface area contributed by atoms with E-state index in [-0.39, 0.29) is 30.5 Å². The van der Waals surface area contributed by atoms with Crippen LogP contribution in [0.25, 0.3) is 11.0 Å². The van der Waals surface area contributed by atoms with E-state index in [2.05, 4.69) is 15.3 Å². The molecule has 0 aliphatic rings. The van der Waals surface area contributed by atoms with Crippen LogP contribution in [0.2, 0.25) is 0 Å². The Hall–Kier alpha value is -4.21. The Kier molecular flexibility index (Phi) is 6.81. The zero-order valence-electron chi connectivity index (χ0n) is 18.8. The lowest BCUT2D eigenvalue weighted by atomic mass is 10.2. The van der Waals surface area contributed by atoms with Crippen LogP contribution in [0, 0.1) is 0 Å². The van der Waals surface area contributed by atoms with Gasteiger partial charge in [-0.1, -0.05) is 42.5 Å². The van der Waals surface area contributed by atoms with Gasteiger partial charge in [0.25, 0.3) is 5.91 Å². The van der Waals surface area contributed by atoms with E-state index in [9.17, 15) is 22.8 Å². The minimum Gasteiger partial charge on any atom is -0.339 e. The van der Waals surface area contributed by atoms with Crippen LogP contribution in [-0.4, -0.2) is 44.8 Å². The topological polar surface area (TPSA) is 80.1 Å². The molecular weight excluding hydrogens is 459 g/mol. The number of carbonyl (C=O) groups is 2. The molecule has 0 fully saturated rings. The molecule has 0 saturated heterocycles. The van der Waals surface area contributed by atoms with Gasteiger partial charge in [-0.2, -0.15) is 13.2 Å². The van der Waals surface area contributed by atoms with Crippen LogP contribution >= 0.6 is 0 Å². The summed E-state index contributed by atoms with van der Waals surface area (Å²) < 4.78 is 39.8. The fraction of sp³-hybridized carbons (Fsp3) is 0.200. The van der Waals surface area contributed by atoms with Crippen molar-refractivity contribution in [3.05, 3.63) is 89.9 Å². The number of pyridine rings is 1. The number of carbonyl (C=O) groups excluding carboxylic acids is 2. The molecule has 35 heavy (non-hydrogen) atoms. The summed E-state index contributed by atoms with van der Waals surface area (Å²) in [6.45, 7) is 0.538. The molecule has 0 radical (unpaired) electrons. The number of hydrogen-bond donors (Lipinski definition) is 1. The van der Waals surface area contributed by atoms with Crippen molar-refractivity contribution >= 4 is 28.7 Å². The number of para-hydroxylation sites is 2. The second kappa shape index (κ2) is 9.96. The summed E-state index contributed by atoms with van der Waals surface area (Å²) in [6.07, 6.45) is -3.91. The average molecular weight is 481 g/mol. The first-order valence-corrected chi connectivity index (χ1v) is 10.8. The monoisotopic (exact) mass is 481 g/mol. The molecule has 0 bridgehead atoms. The third-order valence-electron chi connectivity index (χ3n) is 5.41. The molecule has 1 N–H and O–H groups in total. The first-order valence-electron chi connectivity index (χ1n) is 10.8. The summed E-state index contributed by atoms with van der Waals surface area (Å²) >= 11 is 0. The molecule has 4 rings (SSSR count). The summed E-state index contributed by atoms with van der Waals surface area (Å²) in [5.41, 5.74) is 1.61. The number of nitrogens with one attached hydrogen (secondary N) is 1. The number of imidazole rings is 1. The van der Waals surface area contributed by atoms with Crippen LogP contribution in [-0.2, 0) is 17.5 Å². The highest BCUT2D eigenvalue weighted by Crippen LogP contribution is 2.28. The van der Waals surface area contributed by atoms with Crippen molar-refractivity contribution in [2.24, 2.45) is 0 Å². The number of fused-ring (bicyclic) bond motifs is 1. The Morgan fingerprint density at radius 2 is 1.71 bits per heavy atom. The number of halogens is 3. The van der Waals surface area contributed by atoms with Gasteiger partial charge in [0.2, 0.25) is 11.7 Å². The van der Waals surface area contributed by atoms with E-state index in [1.165, 1.54) is 4.90 Å². The molecule has 0 aliphatic carbocycles. The fourth-order valence-corrected chi connectivity index (χ4v) is 3.55. The van der Waals surface area contributed by atoms with Crippen molar-refractivity contribution in [2.45, 2.75) is 19.1 Å². The number of hydrogen-bond acceptors (Lipinski definition) is 4. The summed E-state index contributed by atoms with van der Waals surface area (Å²) in [5.74, 6) is -0.573. The van der Waals surface area contributed by atoms with Gasteiger partial charge in [-0.15, -0.1) is 0 Å². The number of rotatable bonds is 7. The maximum atomic E-state index is 13.2. The molecule has 4 aromatic rings. The minimum absolute atomic E-state index is 0.00151. The standard InChI is InChI=1S/C25H22F3N5O2/c1-32(14-13-22(34)31-21-12-11-18(15-29-21)25(26,27)28)24(35)23-30-19-9-5-6-10-20(19)33(23)16-17-7-3-2-4-8-17/h2-12,15H,13-14,16H2,1H3,(H,29,31,34). The second-order valence-corrected chi connectivity index (χ2v) is 7.95. The van der Waals surface area contributed by atoms with Gasteiger partial charge in [0.05, 0.1) is 16.6 Å². The molecule has 0 atom stereocenters. The molecule has 0 unspecified atom stereocenters. The number of nitrogens with zero attached hydrogens (tertiary/aromatic N) is 4. The Balaban J connectivity index is 1.43. The van der Waals surface area contributed by atoms with Crippen LogP contribution in [0.4, 0.5) is 19.0 Å². The summed E-state index contributed by atoms with van der Waals surface area (Å²) in [7, 11) is 1.57. The van der Waals surface area contributed by atoms with Gasteiger partial charge in [-0.05, 0) is 29.8 Å². The number of amides is 2. The van der Waals surface area contributed by atoms with E-state index in [0.29, 0.717) is 18.3 Å². The molecule has 0 saturated carbocycles. The third kappa shape index (κ3) is 5.65. The van der Waals surface area contributed by atoms with E-state index in [1.807, 2.05) is 59.2 Å². The van der Waals surface area contributed by atoms with E-state index >= 15 is 0 Å². The van der Waals surface area contributed by atoms with Crippen LogP contribution in [0.5, 0.6) is 0 Å². The van der Waals surface area contributed by atoms with Crippen molar-refractivity contribution in [3.8, 4) is 0 Å². The Labute approximate surface area is 199 Å². The van der Waals surface area contributed by atoms with Crippen molar-refractivity contribution in [1.82, 2.24) is 19.4 Å². The van der Waals surface area contributed by atoms with Gasteiger partial charge in [0.15, 0.2) is 0 Å². The predicted octanol–water partition coefficient (Wildman–Crippen LogP) is 4.60. The van der Waals surface area contributed by atoms with Crippen molar-refractivity contribution < 1.29 is 22.8 Å². The van der Waals surface area contributed by atoms with Crippen LogP contribution in [0.1, 0.15) is 28.2 Å². The lowest BCUT2D eigenvalue weighted by Gasteiger charge is -2.18. The fourth-order valence-electron chi connectivity index (χ4n) is 3.55. The minimum atomic E-state index is -4.50. The summed E-state index contributed by atoms with van der Waals surface area (Å²) in [6, 6.07) is 19.1. The third-order valence-corrected chi connectivity index (χ3v) is 5.41. The lowest BCUT2D eigenvalue weighted by molar-refractivity contribution is -0.137. The number of alkyl halides is 3. The average Bonchev–Trinajstić information content (AvgIpc) is 3.21. The molecule has 2 aromatic carbocycles. The van der Waals surface area contributed by atoms with E-state index in [0.717, 1.165) is 23.2 Å². The van der Waals surface area contributed by atoms with Crippen molar-refractivity contribution in [2.75, 3.05) is 18.9 Å². The predicted molar refractivity (Wildman–Crippen MR) is 125 cm³/mol. The maximum absolute atomic E-state index is 13.2. The quantitative estimate of drug-likeness (QED) is 0.419. The van der Waals surface area contributed by atoms with Gasteiger partial charge < -0.3 is 14.8 Å². The largest absolute Gasteiger partial charge is 0.417 e. The van der Waals surface area contributed by atoms with Gasteiger partial charge in [0, 0.05) is 32.8 Å². The highest BCUT2D eigenvalue weighted by atomic mass is 19.4. The highest BCUT2D eigenvalue weighted by Gasteiger charge is 2.30. The lowest BCUT2D eigenvalue weighted by Crippen LogP contribution is -2.32. The van der Waals surface area contributed by atoms with Gasteiger partial charge in [0.1, 0.15) is 5.82 Å². The molecule has 2 heterocycles. The number of anilines is 1. The first kappa shape index (κ1) is 23.9. The SMILES string of the molecule is CN(CCC(=O)Nc1ccc(C(F)(F)F)cn1)C(=O)c1nc2ccccc2n1Cc1ccccc1. The second-order valence-electron chi connectivity index (χ2n) is 7.95. The maximum Gasteiger partial charge on any atom is 0.417 e. The Morgan fingerprint density at radius 1 is 1.00 bits per heavy atom. The van der Waals surface area contributed by atoms with E-state index < -0.39 is 17.6 Å². The van der Waals surface area contributed by atoms with Crippen LogP contribution in [0.3, 0.4) is 0 Å². The zero-order chi connectivity index (χ0) is 25.0. The number of benzene rings is 2. The van der Waals surface area contributed by atoms with Crippen molar-refractivity contribution in [1.29, 1.82) is 0 Å². The van der Waals surface area contributed by atoms with Gasteiger partial charge in [-0.3, -0.25) is 9.59 Å².